The number of nitrogens with one attached hydrogen (secondary N) is 1. The second-order valence-corrected chi connectivity index (χ2v) is 7.08. The number of morpholine rings is 1. The van der Waals surface area contributed by atoms with Gasteiger partial charge in [-0.05, 0) is 26.0 Å². The van der Waals surface area contributed by atoms with Crippen LogP contribution in [0.4, 0.5) is 5.69 Å². The molecule has 0 saturated carbocycles. The minimum atomic E-state index is -0.368. The van der Waals surface area contributed by atoms with Crippen molar-refractivity contribution in [1.82, 2.24) is 4.90 Å². The number of benzene rings is 1. The summed E-state index contributed by atoms with van der Waals surface area (Å²) in [5, 5.41) is 2.52. The number of thioether (sulfide) groups is 1. The lowest BCUT2D eigenvalue weighted by molar-refractivity contribution is -0.143. The van der Waals surface area contributed by atoms with Gasteiger partial charge in [0.2, 0.25) is 11.8 Å². The Morgan fingerprint density at radius 3 is 3.00 bits per heavy atom. The molecule has 2 amide bonds. The lowest BCUT2D eigenvalue weighted by Crippen LogP contribution is -2.51. The summed E-state index contributed by atoms with van der Waals surface area (Å²) in [5.74, 6) is -0.0688. The zero-order valence-electron chi connectivity index (χ0n) is 12.7. The Balaban J connectivity index is 1.68. The number of amides is 2. The number of para-hydroxylation sites is 1. The summed E-state index contributed by atoms with van der Waals surface area (Å²) >= 11 is 1.47. The minimum absolute atomic E-state index is 0.0229. The molecule has 3 atom stereocenters. The molecule has 1 aromatic carbocycles. The van der Waals surface area contributed by atoms with Gasteiger partial charge in [0.05, 0.1) is 29.7 Å². The fourth-order valence-electron chi connectivity index (χ4n) is 2.75. The quantitative estimate of drug-likeness (QED) is 0.907. The molecule has 1 aromatic rings. The first-order valence-electron chi connectivity index (χ1n) is 7.52. The molecule has 1 fully saturated rings. The molecule has 1 N–H and O–H groups in total. The van der Waals surface area contributed by atoms with E-state index in [9.17, 15) is 9.59 Å². The first-order chi connectivity index (χ1) is 10.5. The molecule has 0 radical (unpaired) electrons. The van der Waals surface area contributed by atoms with Crippen LogP contribution in [0.1, 0.15) is 20.3 Å². The summed E-state index contributed by atoms with van der Waals surface area (Å²) in [7, 11) is 0. The lowest BCUT2D eigenvalue weighted by Gasteiger charge is -2.37. The van der Waals surface area contributed by atoms with Crippen LogP contribution in [0.5, 0.6) is 0 Å². The number of hydrogen-bond donors (Lipinski definition) is 1. The number of carbonyl (C=O) groups is 2. The highest BCUT2D eigenvalue weighted by Gasteiger charge is 2.33. The Kier molecular flexibility index (Phi) is 4.40. The predicted molar refractivity (Wildman–Crippen MR) is 85.9 cm³/mol. The largest absolute Gasteiger partial charge is 0.375 e. The average Bonchev–Trinajstić information content (AvgIpc) is 2.50. The van der Waals surface area contributed by atoms with E-state index in [1.807, 2.05) is 43.0 Å². The van der Waals surface area contributed by atoms with Gasteiger partial charge in [0.15, 0.2) is 0 Å². The van der Waals surface area contributed by atoms with Crippen LogP contribution >= 0.6 is 11.8 Å². The molecular weight excluding hydrogens is 300 g/mol. The average molecular weight is 320 g/mol. The van der Waals surface area contributed by atoms with Crippen molar-refractivity contribution in [3.63, 3.8) is 0 Å². The van der Waals surface area contributed by atoms with Crippen molar-refractivity contribution in [3.8, 4) is 0 Å². The number of carbonyl (C=O) groups excluding carboxylic acids is 2. The van der Waals surface area contributed by atoms with Gasteiger partial charge in [-0.2, -0.15) is 0 Å². The normalized spacial score (nSPS) is 28.0. The van der Waals surface area contributed by atoms with Crippen LogP contribution in [0.3, 0.4) is 0 Å². The summed E-state index contributed by atoms with van der Waals surface area (Å²) in [5.41, 5.74) is 0.828. The first-order valence-corrected chi connectivity index (χ1v) is 8.40. The number of anilines is 1. The third-order valence-electron chi connectivity index (χ3n) is 3.99. The summed E-state index contributed by atoms with van der Waals surface area (Å²) < 4.78 is 5.55. The van der Waals surface area contributed by atoms with Crippen LogP contribution in [0.2, 0.25) is 0 Å². The van der Waals surface area contributed by atoms with Gasteiger partial charge in [0.25, 0.3) is 0 Å². The third kappa shape index (κ3) is 3.13. The molecular formula is C16H20N2O3S. The third-order valence-corrected chi connectivity index (χ3v) is 5.27. The van der Waals surface area contributed by atoms with E-state index in [4.69, 9.17) is 4.74 Å². The van der Waals surface area contributed by atoms with Crippen molar-refractivity contribution in [3.05, 3.63) is 24.3 Å². The standard InChI is InChI=1S/C16H20N2O3S/c1-10-9-21-11(2)8-18(10)15(19)7-14-16(20)17-12-5-3-4-6-13(12)22-14/h3-6,10-11,14H,7-9H2,1-2H3,(H,17,20). The van der Waals surface area contributed by atoms with Crippen LogP contribution in [0.15, 0.2) is 29.2 Å². The molecule has 0 bridgehead atoms. The maximum atomic E-state index is 12.6. The summed E-state index contributed by atoms with van der Waals surface area (Å²) in [6.45, 7) is 5.09. The maximum absolute atomic E-state index is 12.6. The monoisotopic (exact) mass is 320 g/mol. The van der Waals surface area contributed by atoms with E-state index in [2.05, 4.69) is 5.32 Å². The Labute approximate surface area is 134 Å². The maximum Gasteiger partial charge on any atom is 0.238 e. The molecule has 3 unspecified atom stereocenters. The Hall–Kier alpha value is -1.53. The Bertz CT molecular complexity index is 593. The fraction of sp³-hybridized carbons (Fsp3) is 0.500. The van der Waals surface area contributed by atoms with Crippen molar-refractivity contribution in [2.24, 2.45) is 0 Å². The molecule has 1 saturated heterocycles. The van der Waals surface area contributed by atoms with Crippen molar-refractivity contribution < 1.29 is 14.3 Å². The van der Waals surface area contributed by atoms with Crippen LogP contribution in [-0.4, -0.2) is 47.3 Å². The van der Waals surface area contributed by atoms with Gasteiger partial charge in [0, 0.05) is 17.9 Å². The molecule has 3 rings (SSSR count). The van der Waals surface area contributed by atoms with Crippen LogP contribution in [0.25, 0.3) is 0 Å². The molecule has 0 spiro atoms. The first kappa shape index (κ1) is 15.4. The van der Waals surface area contributed by atoms with Crippen LogP contribution in [0, 0.1) is 0 Å². The summed E-state index contributed by atoms with van der Waals surface area (Å²) in [4.78, 5) is 27.6. The summed E-state index contributed by atoms with van der Waals surface area (Å²) in [6.07, 6.45) is 0.274. The fourth-order valence-corrected chi connectivity index (χ4v) is 3.86. The van der Waals surface area contributed by atoms with E-state index in [1.54, 1.807) is 0 Å². The second-order valence-electron chi connectivity index (χ2n) is 5.84. The SMILES string of the molecule is CC1CN(C(=O)CC2Sc3ccccc3NC2=O)C(C)CO1. The predicted octanol–water partition coefficient (Wildman–Crippen LogP) is 2.13. The van der Waals surface area contributed by atoms with E-state index in [0.717, 1.165) is 10.6 Å². The van der Waals surface area contributed by atoms with Crippen LogP contribution in [-0.2, 0) is 14.3 Å². The number of fused-ring (bicyclic) bond motifs is 1. The molecule has 22 heavy (non-hydrogen) atoms. The van der Waals surface area contributed by atoms with Gasteiger partial charge in [-0.1, -0.05) is 12.1 Å². The topological polar surface area (TPSA) is 58.6 Å². The highest BCUT2D eigenvalue weighted by molar-refractivity contribution is 8.01. The number of ether oxygens (including phenoxy) is 1. The van der Waals surface area contributed by atoms with Crippen molar-refractivity contribution >= 4 is 29.3 Å². The van der Waals surface area contributed by atoms with Gasteiger partial charge in [-0.15, -0.1) is 11.8 Å². The van der Waals surface area contributed by atoms with Gasteiger partial charge in [-0.3, -0.25) is 9.59 Å². The molecule has 0 aliphatic carbocycles. The highest BCUT2D eigenvalue weighted by atomic mass is 32.2. The highest BCUT2D eigenvalue weighted by Crippen LogP contribution is 2.36. The second kappa shape index (κ2) is 6.30. The molecule has 5 nitrogen and oxygen atoms in total. The smallest absolute Gasteiger partial charge is 0.238 e. The van der Waals surface area contributed by atoms with E-state index in [-0.39, 0.29) is 35.6 Å². The van der Waals surface area contributed by atoms with E-state index < -0.39 is 0 Å². The van der Waals surface area contributed by atoms with Crippen molar-refractivity contribution in [2.75, 3.05) is 18.5 Å². The molecule has 2 aliphatic heterocycles. The number of rotatable bonds is 2. The van der Waals surface area contributed by atoms with E-state index in [0.29, 0.717) is 13.2 Å². The Morgan fingerprint density at radius 1 is 1.41 bits per heavy atom. The molecule has 2 aliphatic rings. The molecule has 2 heterocycles. The van der Waals surface area contributed by atoms with E-state index in [1.165, 1.54) is 11.8 Å². The number of nitrogens with zero attached hydrogens (tertiary/aromatic N) is 1. The minimum Gasteiger partial charge on any atom is -0.375 e. The Morgan fingerprint density at radius 2 is 2.18 bits per heavy atom. The zero-order valence-corrected chi connectivity index (χ0v) is 13.6. The molecule has 118 valence electrons. The van der Waals surface area contributed by atoms with Crippen LogP contribution < -0.4 is 5.32 Å². The van der Waals surface area contributed by atoms with E-state index >= 15 is 0 Å². The lowest BCUT2D eigenvalue weighted by atomic mass is 10.1. The summed E-state index contributed by atoms with van der Waals surface area (Å²) in [6, 6.07) is 7.74. The van der Waals surface area contributed by atoms with Gasteiger partial charge >= 0.3 is 0 Å². The molecule has 6 heteroatoms. The van der Waals surface area contributed by atoms with Crippen molar-refractivity contribution in [2.45, 2.75) is 42.6 Å². The molecule has 0 aromatic heterocycles. The van der Waals surface area contributed by atoms with Crippen molar-refractivity contribution in [1.29, 1.82) is 0 Å². The van der Waals surface area contributed by atoms with Gasteiger partial charge in [0.1, 0.15) is 0 Å². The zero-order chi connectivity index (χ0) is 15.7. The van der Waals surface area contributed by atoms with Gasteiger partial charge < -0.3 is 15.0 Å². The number of hydrogen-bond acceptors (Lipinski definition) is 4. The van der Waals surface area contributed by atoms with Gasteiger partial charge in [-0.25, -0.2) is 0 Å².